The molecule has 1 aromatic heterocycles. The van der Waals surface area contributed by atoms with Crippen molar-refractivity contribution >= 4 is 39.3 Å². The fraction of sp³-hybridized carbons (Fsp3) is 0.538. The van der Waals surface area contributed by atoms with Gasteiger partial charge in [0.25, 0.3) is 0 Å². The highest BCUT2D eigenvalue weighted by molar-refractivity contribution is 9.10. The van der Waals surface area contributed by atoms with E-state index in [1.165, 1.54) is 0 Å². The average Bonchev–Trinajstić information content (AvgIpc) is 2.38. The molecule has 1 aliphatic rings. The van der Waals surface area contributed by atoms with Crippen molar-refractivity contribution in [2.24, 2.45) is 5.92 Å². The van der Waals surface area contributed by atoms with Crippen LogP contribution >= 0.6 is 27.5 Å². The first kappa shape index (κ1) is 14.6. The molecule has 104 valence electrons. The molecule has 0 saturated carbocycles. The second kappa shape index (κ2) is 6.09. The van der Waals surface area contributed by atoms with E-state index >= 15 is 0 Å². The van der Waals surface area contributed by atoms with E-state index in [0.29, 0.717) is 5.02 Å². The molecule has 0 aromatic carbocycles. The van der Waals surface area contributed by atoms with Gasteiger partial charge in [-0.2, -0.15) is 0 Å². The van der Waals surface area contributed by atoms with Gasteiger partial charge in [-0.25, -0.2) is 4.98 Å². The van der Waals surface area contributed by atoms with E-state index in [4.69, 9.17) is 11.6 Å². The molecule has 1 aliphatic heterocycles. The molecule has 2 rings (SSSR count). The van der Waals surface area contributed by atoms with E-state index in [1.807, 2.05) is 20.2 Å². The van der Waals surface area contributed by atoms with Crippen molar-refractivity contribution in [2.75, 3.05) is 32.1 Å². The first-order chi connectivity index (χ1) is 8.99. The molecule has 1 aromatic rings. The molecular formula is C13H17BrClN3O. The lowest BCUT2D eigenvalue weighted by molar-refractivity contribution is -0.133. The van der Waals surface area contributed by atoms with Crippen molar-refractivity contribution in [1.82, 2.24) is 9.88 Å². The smallest absolute Gasteiger partial charge is 0.225 e. The fourth-order valence-electron chi connectivity index (χ4n) is 2.34. The third-order valence-corrected chi connectivity index (χ3v) is 4.08. The topological polar surface area (TPSA) is 36.4 Å². The van der Waals surface area contributed by atoms with Crippen LogP contribution in [0.3, 0.4) is 0 Å². The monoisotopic (exact) mass is 345 g/mol. The zero-order chi connectivity index (χ0) is 14.0. The molecule has 1 saturated heterocycles. The van der Waals surface area contributed by atoms with Gasteiger partial charge < -0.3 is 9.80 Å². The molecule has 2 heterocycles. The number of rotatable bonds is 2. The molecule has 19 heavy (non-hydrogen) atoms. The van der Waals surface area contributed by atoms with E-state index in [0.717, 1.165) is 36.2 Å². The summed E-state index contributed by atoms with van der Waals surface area (Å²) in [7, 11) is 3.61. The van der Waals surface area contributed by atoms with Crippen LogP contribution in [-0.4, -0.2) is 43.0 Å². The van der Waals surface area contributed by atoms with Gasteiger partial charge >= 0.3 is 0 Å². The largest absolute Gasteiger partial charge is 0.355 e. The molecule has 0 atom stereocenters. The minimum atomic E-state index is 0.125. The van der Waals surface area contributed by atoms with Gasteiger partial charge in [0.2, 0.25) is 5.91 Å². The summed E-state index contributed by atoms with van der Waals surface area (Å²) in [6.45, 7) is 1.64. The number of carbonyl (C=O) groups excluding carboxylic acids is 1. The van der Waals surface area contributed by atoms with Crippen molar-refractivity contribution in [3.8, 4) is 0 Å². The molecule has 0 radical (unpaired) electrons. The third kappa shape index (κ3) is 3.39. The van der Waals surface area contributed by atoms with Crippen LogP contribution in [0, 0.1) is 5.92 Å². The lowest BCUT2D eigenvalue weighted by Crippen LogP contribution is -2.40. The number of piperidine rings is 1. The Morgan fingerprint density at radius 1 is 1.47 bits per heavy atom. The molecule has 0 spiro atoms. The van der Waals surface area contributed by atoms with E-state index in [1.54, 1.807) is 11.1 Å². The lowest BCUT2D eigenvalue weighted by Gasteiger charge is -2.33. The van der Waals surface area contributed by atoms with Crippen molar-refractivity contribution in [3.05, 3.63) is 21.8 Å². The van der Waals surface area contributed by atoms with Gasteiger partial charge in [0.15, 0.2) is 0 Å². The summed E-state index contributed by atoms with van der Waals surface area (Å²) in [5.74, 6) is 1.15. The quantitative estimate of drug-likeness (QED) is 0.826. The predicted octanol–water partition coefficient (Wildman–Crippen LogP) is 2.80. The van der Waals surface area contributed by atoms with Gasteiger partial charge in [-0.05, 0) is 34.8 Å². The van der Waals surface area contributed by atoms with Gasteiger partial charge in [0, 0.05) is 43.8 Å². The summed E-state index contributed by atoms with van der Waals surface area (Å²) < 4.78 is 0.874. The highest BCUT2D eigenvalue weighted by atomic mass is 79.9. The summed E-state index contributed by atoms with van der Waals surface area (Å²) in [5.41, 5.74) is 0. The van der Waals surface area contributed by atoms with Gasteiger partial charge in [0.1, 0.15) is 5.82 Å². The molecule has 0 bridgehead atoms. The van der Waals surface area contributed by atoms with Crippen LogP contribution in [0.2, 0.25) is 5.02 Å². The molecule has 1 amide bonds. The van der Waals surface area contributed by atoms with Gasteiger partial charge in [-0.3, -0.25) is 4.79 Å². The van der Waals surface area contributed by atoms with Crippen molar-refractivity contribution < 1.29 is 4.79 Å². The first-order valence-electron chi connectivity index (χ1n) is 6.26. The van der Waals surface area contributed by atoms with Crippen LogP contribution < -0.4 is 4.90 Å². The van der Waals surface area contributed by atoms with Gasteiger partial charge in [-0.1, -0.05) is 11.6 Å². The van der Waals surface area contributed by atoms with Crippen LogP contribution in [0.4, 0.5) is 5.82 Å². The number of anilines is 1. The first-order valence-corrected chi connectivity index (χ1v) is 7.43. The Kier molecular flexibility index (Phi) is 4.68. The minimum absolute atomic E-state index is 0.125. The number of halogens is 2. The van der Waals surface area contributed by atoms with E-state index < -0.39 is 0 Å². The van der Waals surface area contributed by atoms with Crippen LogP contribution in [0.25, 0.3) is 0 Å². The summed E-state index contributed by atoms with van der Waals surface area (Å²) >= 11 is 9.55. The van der Waals surface area contributed by atoms with Crippen molar-refractivity contribution in [1.29, 1.82) is 0 Å². The molecular weight excluding hydrogens is 330 g/mol. The highest BCUT2D eigenvalue weighted by Crippen LogP contribution is 2.29. The number of amides is 1. The maximum absolute atomic E-state index is 11.9. The Morgan fingerprint density at radius 3 is 2.63 bits per heavy atom. The summed E-state index contributed by atoms with van der Waals surface area (Å²) in [6, 6.07) is 1.85. The van der Waals surface area contributed by atoms with Gasteiger partial charge in [-0.15, -0.1) is 0 Å². The van der Waals surface area contributed by atoms with Gasteiger partial charge in [0.05, 0.1) is 5.02 Å². The van der Waals surface area contributed by atoms with Crippen LogP contribution in [0.15, 0.2) is 16.7 Å². The maximum atomic E-state index is 11.9. The van der Waals surface area contributed by atoms with Crippen LogP contribution in [0.1, 0.15) is 12.8 Å². The van der Waals surface area contributed by atoms with Crippen LogP contribution in [-0.2, 0) is 4.79 Å². The number of pyridine rings is 1. The second-order valence-electron chi connectivity index (χ2n) is 4.95. The third-order valence-electron chi connectivity index (χ3n) is 3.37. The van der Waals surface area contributed by atoms with Crippen molar-refractivity contribution in [2.45, 2.75) is 12.8 Å². The molecule has 0 unspecified atom stereocenters. The Hall–Kier alpha value is -0.810. The Labute approximate surface area is 126 Å². The summed E-state index contributed by atoms with van der Waals surface area (Å²) in [5, 5.41) is 0.645. The molecule has 6 heteroatoms. The Bertz CT molecular complexity index is 473. The maximum Gasteiger partial charge on any atom is 0.225 e. The van der Waals surface area contributed by atoms with E-state index in [-0.39, 0.29) is 11.8 Å². The SMILES string of the molecule is CN(C)C(=O)C1CCN(c2ncc(Br)cc2Cl)CC1. The van der Waals surface area contributed by atoms with Crippen LogP contribution in [0.5, 0.6) is 0 Å². The summed E-state index contributed by atoms with van der Waals surface area (Å²) in [4.78, 5) is 20.1. The number of carbonyl (C=O) groups is 1. The molecule has 0 aliphatic carbocycles. The highest BCUT2D eigenvalue weighted by Gasteiger charge is 2.27. The summed E-state index contributed by atoms with van der Waals surface area (Å²) in [6.07, 6.45) is 3.45. The fourth-order valence-corrected chi connectivity index (χ4v) is 3.09. The number of hydrogen-bond acceptors (Lipinski definition) is 3. The minimum Gasteiger partial charge on any atom is -0.355 e. The van der Waals surface area contributed by atoms with Crippen molar-refractivity contribution in [3.63, 3.8) is 0 Å². The molecule has 1 fully saturated rings. The molecule has 4 nitrogen and oxygen atoms in total. The zero-order valence-corrected chi connectivity index (χ0v) is 13.4. The predicted molar refractivity (Wildman–Crippen MR) is 80.6 cm³/mol. The Morgan fingerprint density at radius 2 is 2.11 bits per heavy atom. The standard InChI is InChI=1S/C13H17BrClN3O/c1-17(2)13(19)9-3-5-18(6-4-9)12-11(15)7-10(14)8-16-12/h7-9H,3-6H2,1-2H3. The van der Waals surface area contributed by atoms with E-state index in [2.05, 4.69) is 25.8 Å². The number of aromatic nitrogens is 1. The second-order valence-corrected chi connectivity index (χ2v) is 6.28. The Balaban J connectivity index is 2.02. The molecule has 0 N–H and O–H groups in total. The van der Waals surface area contributed by atoms with E-state index in [9.17, 15) is 4.79 Å². The number of hydrogen-bond donors (Lipinski definition) is 0. The normalized spacial score (nSPS) is 16.5. The lowest BCUT2D eigenvalue weighted by atomic mass is 9.95. The average molecular weight is 347 g/mol. The zero-order valence-electron chi connectivity index (χ0n) is 11.1. The number of nitrogens with zero attached hydrogens (tertiary/aromatic N) is 3.